The molecule has 0 aliphatic rings. The lowest BCUT2D eigenvalue weighted by Gasteiger charge is -2.11. The van der Waals surface area contributed by atoms with Crippen LogP contribution in [0.15, 0.2) is 12.7 Å². The lowest BCUT2D eigenvalue weighted by Crippen LogP contribution is -2.19. The highest BCUT2D eigenvalue weighted by Crippen LogP contribution is 2.12. The maximum Gasteiger partial charge on any atom is 0.00388 e. The van der Waals surface area contributed by atoms with Crippen LogP contribution in [0.2, 0.25) is 0 Å². The van der Waals surface area contributed by atoms with E-state index in [2.05, 4.69) is 13.5 Å². The molecule has 2 N–H and O–H groups in total. The van der Waals surface area contributed by atoms with Crippen molar-refractivity contribution in [1.82, 2.24) is 0 Å². The van der Waals surface area contributed by atoms with Gasteiger partial charge in [0, 0.05) is 6.04 Å². The standard InChI is InChI=1S/C17H35N/c1-3-5-7-9-10-12-14-16-17(18)15-13-11-8-6-4-2/h4,17H,2-3,5-16,18H2,1H3. The molecule has 1 atom stereocenters. The van der Waals surface area contributed by atoms with Crippen LogP contribution in [0.5, 0.6) is 0 Å². The Bertz CT molecular complexity index is 165. The highest BCUT2D eigenvalue weighted by atomic mass is 14.6. The van der Waals surface area contributed by atoms with Crippen LogP contribution in [0.25, 0.3) is 0 Å². The minimum atomic E-state index is 0.448. The molecule has 0 fully saturated rings. The molecule has 1 unspecified atom stereocenters. The molecule has 108 valence electrons. The van der Waals surface area contributed by atoms with Gasteiger partial charge in [-0.3, -0.25) is 0 Å². The number of rotatable bonds is 14. The Morgan fingerprint density at radius 2 is 1.33 bits per heavy atom. The average molecular weight is 253 g/mol. The fourth-order valence-electron chi connectivity index (χ4n) is 2.38. The number of allylic oxidation sites excluding steroid dienone is 1. The maximum absolute atomic E-state index is 6.13. The van der Waals surface area contributed by atoms with Crippen LogP contribution < -0.4 is 5.73 Å². The second-order valence-electron chi connectivity index (χ2n) is 5.60. The van der Waals surface area contributed by atoms with E-state index in [0.717, 1.165) is 6.42 Å². The van der Waals surface area contributed by atoms with Crippen molar-refractivity contribution in [2.24, 2.45) is 5.73 Å². The van der Waals surface area contributed by atoms with Crippen molar-refractivity contribution in [1.29, 1.82) is 0 Å². The Morgan fingerprint density at radius 1 is 0.833 bits per heavy atom. The monoisotopic (exact) mass is 253 g/mol. The summed E-state index contributed by atoms with van der Waals surface area (Å²) in [6.07, 6.45) is 19.2. The first kappa shape index (κ1) is 17.7. The SMILES string of the molecule is C=CCCCCCC(N)CCCCCCCCC. The van der Waals surface area contributed by atoms with Crippen LogP contribution in [0, 0.1) is 0 Å². The number of hydrogen-bond donors (Lipinski definition) is 1. The van der Waals surface area contributed by atoms with Crippen molar-refractivity contribution in [3.8, 4) is 0 Å². The molecule has 0 saturated heterocycles. The molecule has 0 heterocycles. The van der Waals surface area contributed by atoms with Gasteiger partial charge in [-0.1, -0.05) is 70.8 Å². The van der Waals surface area contributed by atoms with E-state index in [-0.39, 0.29) is 0 Å². The molecular formula is C17H35N. The molecule has 18 heavy (non-hydrogen) atoms. The first-order valence-corrected chi connectivity index (χ1v) is 8.17. The maximum atomic E-state index is 6.13. The summed E-state index contributed by atoms with van der Waals surface area (Å²) in [6, 6.07) is 0.448. The average Bonchev–Trinajstić information content (AvgIpc) is 2.37. The van der Waals surface area contributed by atoms with Gasteiger partial charge in [-0.15, -0.1) is 6.58 Å². The Balaban J connectivity index is 3.11. The first-order chi connectivity index (χ1) is 8.81. The van der Waals surface area contributed by atoms with Crippen molar-refractivity contribution in [3.63, 3.8) is 0 Å². The van der Waals surface area contributed by atoms with Gasteiger partial charge in [0.15, 0.2) is 0 Å². The van der Waals surface area contributed by atoms with E-state index in [1.165, 1.54) is 77.0 Å². The van der Waals surface area contributed by atoms with Crippen molar-refractivity contribution >= 4 is 0 Å². The van der Waals surface area contributed by atoms with Gasteiger partial charge in [0.25, 0.3) is 0 Å². The normalized spacial score (nSPS) is 12.6. The highest BCUT2D eigenvalue weighted by Gasteiger charge is 2.01. The molecule has 0 aromatic carbocycles. The summed E-state index contributed by atoms with van der Waals surface area (Å²) in [6.45, 7) is 6.02. The van der Waals surface area contributed by atoms with Gasteiger partial charge in [-0.05, 0) is 25.7 Å². The van der Waals surface area contributed by atoms with Gasteiger partial charge < -0.3 is 5.73 Å². The van der Waals surface area contributed by atoms with Gasteiger partial charge in [-0.2, -0.15) is 0 Å². The minimum Gasteiger partial charge on any atom is -0.328 e. The quantitative estimate of drug-likeness (QED) is 0.317. The van der Waals surface area contributed by atoms with Gasteiger partial charge >= 0.3 is 0 Å². The lowest BCUT2D eigenvalue weighted by molar-refractivity contribution is 0.488. The van der Waals surface area contributed by atoms with E-state index in [9.17, 15) is 0 Å². The molecule has 0 radical (unpaired) electrons. The van der Waals surface area contributed by atoms with Crippen molar-refractivity contribution in [2.45, 2.75) is 96.4 Å². The molecule has 0 aliphatic carbocycles. The van der Waals surface area contributed by atoms with Crippen molar-refractivity contribution < 1.29 is 0 Å². The van der Waals surface area contributed by atoms with Crippen LogP contribution in [-0.2, 0) is 0 Å². The molecule has 0 aliphatic heterocycles. The summed E-state index contributed by atoms with van der Waals surface area (Å²) in [5.41, 5.74) is 6.13. The van der Waals surface area contributed by atoms with Crippen LogP contribution >= 0.6 is 0 Å². The Morgan fingerprint density at radius 3 is 1.89 bits per heavy atom. The summed E-state index contributed by atoms with van der Waals surface area (Å²) in [4.78, 5) is 0. The van der Waals surface area contributed by atoms with Crippen molar-refractivity contribution in [2.75, 3.05) is 0 Å². The van der Waals surface area contributed by atoms with Crippen LogP contribution in [0.1, 0.15) is 90.4 Å². The van der Waals surface area contributed by atoms with Crippen molar-refractivity contribution in [3.05, 3.63) is 12.7 Å². The van der Waals surface area contributed by atoms with Gasteiger partial charge in [0.1, 0.15) is 0 Å². The fourth-order valence-corrected chi connectivity index (χ4v) is 2.38. The molecule has 0 spiro atoms. The zero-order chi connectivity index (χ0) is 13.5. The van der Waals surface area contributed by atoms with Gasteiger partial charge in [-0.25, -0.2) is 0 Å². The highest BCUT2D eigenvalue weighted by molar-refractivity contribution is 4.67. The fraction of sp³-hybridized carbons (Fsp3) is 0.882. The van der Waals surface area contributed by atoms with Crippen LogP contribution in [0.4, 0.5) is 0 Å². The summed E-state index contributed by atoms with van der Waals surface area (Å²) in [7, 11) is 0. The molecular weight excluding hydrogens is 218 g/mol. The zero-order valence-electron chi connectivity index (χ0n) is 12.6. The number of hydrogen-bond acceptors (Lipinski definition) is 1. The largest absolute Gasteiger partial charge is 0.328 e. The third-order valence-electron chi connectivity index (χ3n) is 3.66. The third kappa shape index (κ3) is 13.8. The summed E-state index contributed by atoms with van der Waals surface area (Å²) >= 11 is 0. The molecule has 0 bridgehead atoms. The zero-order valence-corrected chi connectivity index (χ0v) is 12.6. The Hall–Kier alpha value is -0.300. The van der Waals surface area contributed by atoms with E-state index in [4.69, 9.17) is 5.73 Å². The molecule has 0 saturated carbocycles. The minimum absolute atomic E-state index is 0.448. The molecule has 0 aromatic heterocycles. The first-order valence-electron chi connectivity index (χ1n) is 8.17. The third-order valence-corrected chi connectivity index (χ3v) is 3.66. The molecule has 1 heteroatoms. The molecule has 1 nitrogen and oxygen atoms in total. The summed E-state index contributed by atoms with van der Waals surface area (Å²) in [5.74, 6) is 0. The van der Waals surface area contributed by atoms with E-state index >= 15 is 0 Å². The van der Waals surface area contributed by atoms with E-state index in [0.29, 0.717) is 6.04 Å². The van der Waals surface area contributed by atoms with E-state index < -0.39 is 0 Å². The van der Waals surface area contributed by atoms with Crippen LogP contribution in [-0.4, -0.2) is 6.04 Å². The smallest absolute Gasteiger partial charge is 0.00388 e. The van der Waals surface area contributed by atoms with Gasteiger partial charge in [0.05, 0.1) is 0 Å². The molecule has 0 amide bonds. The lowest BCUT2D eigenvalue weighted by atomic mass is 10.0. The Labute approximate surface area is 115 Å². The summed E-state index contributed by atoms with van der Waals surface area (Å²) in [5, 5.41) is 0. The van der Waals surface area contributed by atoms with E-state index in [1.807, 2.05) is 6.08 Å². The van der Waals surface area contributed by atoms with Crippen LogP contribution in [0.3, 0.4) is 0 Å². The number of nitrogens with two attached hydrogens (primary N) is 1. The van der Waals surface area contributed by atoms with E-state index in [1.54, 1.807) is 0 Å². The second-order valence-corrected chi connectivity index (χ2v) is 5.60. The number of unbranched alkanes of at least 4 members (excludes halogenated alkanes) is 9. The topological polar surface area (TPSA) is 26.0 Å². The second kappa shape index (κ2) is 14.8. The molecule has 0 rings (SSSR count). The molecule has 0 aromatic rings. The van der Waals surface area contributed by atoms with Gasteiger partial charge in [0.2, 0.25) is 0 Å². The Kier molecular flexibility index (Phi) is 14.5. The predicted octanol–water partition coefficient (Wildman–Crippen LogP) is 5.59. The predicted molar refractivity (Wildman–Crippen MR) is 83.9 cm³/mol. The summed E-state index contributed by atoms with van der Waals surface area (Å²) < 4.78 is 0.